The summed E-state index contributed by atoms with van der Waals surface area (Å²) in [5.41, 5.74) is 0.558. The van der Waals surface area contributed by atoms with Crippen molar-refractivity contribution in [2.75, 3.05) is 40.0 Å². The Labute approximate surface area is 249 Å². The second-order valence-electron chi connectivity index (χ2n) is 12.7. The predicted molar refractivity (Wildman–Crippen MR) is 160 cm³/mol. The molecule has 2 fully saturated rings. The highest BCUT2D eigenvalue weighted by Gasteiger charge is 2.37. The number of rotatable bonds is 11. The van der Waals surface area contributed by atoms with Crippen molar-refractivity contribution in [1.82, 2.24) is 14.4 Å². The van der Waals surface area contributed by atoms with Gasteiger partial charge in [-0.2, -0.15) is 0 Å². The molecule has 9 nitrogen and oxygen atoms in total. The summed E-state index contributed by atoms with van der Waals surface area (Å²) in [6, 6.07) is 4.24. The van der Waals surface area contributed by atoms with Gasteiger partial charge in [0.25, 0.3) is 5.91 Å². The van der Waals surface area contributed by atoms with E-state index in [0.717, 1.165) is 44.0 Å². The smallest absolute Gasteiger partial charge is 0.410 e. The van der Waals surface area contributed by atoms with Gasteiger partial charge in [-0.1, -0.05) is 0 Å². The number of halogens is 1. The quantitative estimate of drug-likeness (QED) is 0.299. The number of likely N-dealkylation sites (tertiary alicyclic amines) is 1. The molecular formula is C32H48FN3O6. The van der Waals surface area contributed by atoms with Crippen LogP contribution in [-0.4, -0.2) is 90.2 Å². The van der Waals surface area contributed by atoms with Gasteiger partial charge < -0.3 is 33.3 Å². The molecule has 0 aliphatic carbocycles. The zero-order chi connectivity index (χ0) is 30.4. The van der Waals surface area contributed by atoms with Crippen molar-refractivity contribution in [3.8, 4) is 5.75 Å². The molecule has 2 aliphatic rings. The van der Waals surface area contributed by atoms with Crippen LogP contribution in [0.5, 0.6) is 5.75 Å². The molecule has 0 radical (unpaired) electrons. The third-order valence-corrected chi connectivity index (χ3v) is 7.83. The average molecular weight is 590 g/mol. The predicted octanol–water partition coefficient (Wildman–Crippen LogP) is 6.01. The summed E-state index contributed by atoms with van der Waals surface area (Å²) in [7, 11) is 1.67. The van der Waals surface area contributed by atoms with Gasteiger partial charge in [0, 0.05) is 51.4 Å². The third-order valence-electron chi connectivity index (χ3n) is 7.83. The van der Waals surface area contributed by atoms with Gasteiger partial charge in [0.05, 0.1) is 17.7 Å². The number of carbonyl (C=O) groups excluding carboxylic acids is 2. The van der Waals surface area contributed by atoms with E-state index in [0.29, 0.717) is 49.7 Å². The van der Waals surface area contributed by atoms with Gasteiger partial charge in [-0.25, -0.2) is 9.18 Å². The van der Waals surface area contributed by atoms with Gasteiger partial charge in [-0.15, -0.1) is 0 Å². The largest absolute Gasteiger partial charge is 0.488 e. The van der Waals surface area contributed by atoms with Crippen molar-refractivity contribution in [3.63, 3.8) is 0 Å². The minimum absolute atomic E-state index is 0.0662. The molecule has 2 amide bonds. The SMILES string of the molecule is COCCCCn1c(C(=O)N(C(C)C)[C@@H]2CCCN(C(=O)OC(C)(C)C)C2)c(OCC2CCCO2)c2cc(F)ccc21. The van der Waals surface area contributed by atoms with E-state index in [1.54, 1.807) is 18.1 Å². The first kappa shape index (κ1) is 32.1. The van der Waals surface area contributed by atoms with Crippen molar-refractivity contribution in [2.24, 2.45) is 0 Å². The van der Waals surface area contributed by atoms with E-state index in [1.165, 1.54) is 12.1 Å². The Bertz CT molecular complexity index is 1220. The van der Waals surface area contributed by atoms with Gasteiger partial charge in [-0.05, 0) is 91.3 Å². The minimum atomic E-state index is -0.605. The topological polar surface area (TPSA) is 82.5 Å². The molecule has 1 aromatic carbocycles. The molecule has 0 saturated carbocycles. The van der Waals surface area contributed by atoms with Crippen LogP contribution < -0.4 is 4.74 Å². The van der Waals surface area contributed by atoms with E-state index in [2.05, 4.69) is 0 Å². The first-order valence-corrected chi connectivity index (χ1v) is 15.4. The zero-order valence-corrected chi connectivity index (χ0v) is 26.1. The molecule has 2 aromatic rings. The number of piperidine rings is 1. The number of hydrogen-bond donors (Lipinski definition) is 0. The lowest BCUT2D eigenvalue weighted by atomic mass is 10.0. The maximum atomic E-state index is 14.7. The number of aryl methyl sites for hydroxylation is 1. The van der Waals surface area contributed by atoms with Gasteiger partial charge in [0.2, 0.25) is 0 Å². The molecule has 4 rings (SSSR count). The average Bonchev–Trinajstić information content (AvgIpc) is 3.55. The maximum Gasteiger partial charge on any atom is 0.410 e. The fourth-order valence-electron chi connectivity index (χ4n) is 5.97. The summed E-state index contributed by atoms with van der Waals surface area (Å²) in [4.78, 5) is 31.2. The number of carbonyl (C=O) groups is 2. The Kier molecular flexibility index (Phi) is 10.8. The van der Waals surface area contributed by atoms with E-state index < -0.39 is 5.60 Å². The summed E-state index contributed by atoms with van der Waals surface area (Å²) >= 11 is 0. The minimum Gasteiger partial charge on any atom is -0.488 e. The first-order valence-electron chi connectivity index (χ1n) is 15.4. The molecule has 3 heterocycles. The molecule has 0 spiro atoms. The number of ether oxygens (including phenoxy) is 4. The van der Waals surface area contributed by atoms with Crippen LogP contribution in [0.3, 0.4) is 0 Å². The standard InChI is InChI=1S/C32H48FN3O6/c1-22(2)36(24-11-9-15-34(20-24)31(38)42-32(3,4)5)30(37)28-29(41-21-25-12-10-18-40-25)26-19-23(33)13-14-27(26)35(28)16-7-8-17-39-6/h13-14,19,22,24-25H,7-12,15-18,20-21H2,1-6H3/t24-,25?/m1/s1. The van der Waals surface area contributed by atoms with Crippen LogP contribution in [0.1, 0.15) is 83.6 Å². The Hall–Kier alpha value is -2.85. The van der Waals surface area contributed by atoms with E-state index in [4.69, 9.17) is 18.9 Å². The lowest BCUT2D eigenvalue weighted by Crippen LogP contribution is -2.54. The lowest BCUT2D eigenvalue weighted by molar-refractivity contribution is 0.00720. The van der Waals surface area contributed by atoms with Crippen molar-refractivity contribution in [1.29, 1.82) is 0 Å². The normalized spacial score (nSPS) is 19.5. The molecule has 1 unspecified atom stereocenters. The summed E-state index contributed by atoms with van der Waals surface area (Å²) in [5.74, 6) is -0.185. The number of hydrogen-bond acceptors (Lipinski definition) is 6. The number of fused-ring (bicyclic) bond motifs is 1. The highest BCUT2D eigenvalue weighted by Crippen LogP contribution is 2.37. The van der Waals surface area contributed by atoms with E-state index in [-0.39, 0.29) is 42.6 Å². The fraction of sp³-hybridized carbons (Fsp3) is 0.688. The molecule has 234 valence electrons. The zero-order valence-electron chi connectivity index (χ0n) is 26.1. The van der Waals surface area contributed by atoms with E-state index in [9.17, 15) is 14.0 Å². The molecule has 0 N–H and O–H groups in total. The van der Waals surface area contributed by atoms with Crippen LogP contribution >= 0.6 is 0 Å². The van der Waals surface area contributed by atoms with Crippen LogP contribution in [-0.2, 0) is 20.8 Å². The summed E-state index contributed by atoms with van der Waals surface area (Å²) < 4.78 is 39.7. The van der Waals surface area contributed by atoms with Crippen molar-refractivity contribution < 1.29 is 32.9 Å². The molecule has 10 heteroatoms. The van der Waals surface area contributed by atoms with E-state index >= 15 is 0 Å². The number of amides is 2. The van der Waals surface area contributed by atoms with Gasteiger partial charge in [0.1, 0.15) is 18.0 Å². The monoisotopic (exact) mass is 589 g/mol. The van der Waals surface area contributed by atoms with Crippen molar-refractivity contribution in [2.45, 2.75) is 103 Å². The first-order chi connectivity index (χ1) is 20.0. The van der Waals surface area contributed by atoms with Crippen LogP contribution in [0.4, 0.5) is 9.18 Å². The Morgan fingerprint density at radius 1 is 1.17 bits per heavy atom. The number of methoxy groups -OCH3 is 1. The lowest BCUT2D eigenvalue weighted by Gasteiger charge is -2.41. The highest BCUT2D eigenvalue weighted by atomic mass is 19.1. The third kappa shape index (κ3) is 7.75. The molecule has 2 aliphatic heterocycles. The molecular weight excluding hydrogens is 541 g/mol. The number of unbranched alkanes of at least 4 members (excludes halogenated alkanes) is 1. The van der Waals surface area contributed by atoms with Gasteiger partial charge >= 0.3 is 6.09 Å². The maximum absolute atomic E-state index is 14.7. The van der Waals surface area contributed by atoms with Crippen LogP contribution in [0.15, 0.2) is 18.2 Å². The van der Waals surface area contributed by atoms with Crippen molar-refractivity contribution >= 4 is 22.9 Å². The molecule has 1 aromatic heterocycles. The number of benzene rings is 1. The Morgan fingerprint density at radius 3 is 2.62 bits per heavy atom. The second kappa shape index (κ2) is 14.1. The molecule has 0 bridgehead atoms. The number of nitrogens with zero attached hydrogens (tertiary/aromatic N) is 3. The summed E-state index contributed by atoms with van der Waals surface area (Å²) in [6.45, 7) is 12.6. The van der Waals surface area contributed by atoms with Crippen LogP contribution in [0, 0.1) is 5.82 Å². The highest BCUT2D eigenvalue weighted by molar-refractivity contribution is 6.04. The van der Waals surface area contributed by atoms with Crippen molar-refractivity contribution in [3.05, 3.63) is 29.7 Å². The Balaban J connectivity index is 1.72. The van der Waals surface area contributed by atoms with Crippen LogP contribution in [0.2, 0.25) is 0 Å². The number of aromatic nitrogens is 1. The summed E-state index contributed by atoms with van der Waals surface area (Å²) in [6.07, 6.45) is 4.53. The second-order valence-corrected chi connectivity index (χ2v) is 12.7. The Morgan fingerprint density at radius 2 is 1.95 bits per heavy atom. The van der Waals surface area contributed by atoms with Crippen LogP contribution in [0.25, 0.3) is 10.9 Å². The van der Waals surface area contributed by atoms with Gasteiger partial charge in [-0.3, -0.25) is 4.79 Å². The molecule has 2 saturated heterocycles. The molecule has 42 heavy (non-hydrogen) atoms. The van der Waals surface area contributed by atoms with E-state index in [1.807, 2.05) is 44.1 Å². The fourth-order valence-corrected chi connectivity index (χ4v) is 5.97. The van der Waals surface area contributed by atoms with Gasteiger partial charge in [0.15, 0.2) is 11.4 Å². The molecule has 2 atom stereocenters. The summed E-state index contributed by atoms with van der Waals surface area (Å²) in [5, 5.41) is 0.575.